The summed E-state index contributed by atoms with van der Waals surface area (Å²) in [4.78, 5) is 12.9. The van der Waals surface area contributed by atoms with Crippen molar-refractivity contribution in [3.8, 4) is 5.69 Å². The van der Waals surface area contributed by atoms with Crippen molar-refractivity contribution >= 4 is 21.6 Å². The molecule has 1 atom stereocenters. The third kappa shape index (κ3) is 4.10. The highest BCUT2D eigenvalue weighted by atomic mass is 32.2. The predicted molar refractivity (Wildman–Crippen MR) is 110 cm³/mol. The number of aryl methyl sites for hydroxylation is 1. The number of benzene rings is 2. The molecule has 9 nitrogen and oxygen atoms in total. The van der Waals surface area contributed by atoms with Crippen molar-refractivity contribution in [3.05, 3.63) is 60.4 Å². The smallest absolute Gasteiger partial charge is 0.243 e. The number of rotatable bonds is 5. The van der Waals surface area contributed by atoms with Crippen LogP contribution >= 0.6 is 0 Å². The summed E-state index contributed by atoms with van der Waals surface area (Å²) >= 11 is 0. The minimum absolute atomic E-state index is 0.154. The topological polar surface area (TPSA) is 110 Å². The lowest BCUT2D eigenvalue weighted by Gasteiger charge is -2.31. The first-order valence-corrected chi connectivity index (χ1v) is 11.1. The van der Waals surface area contributed by atoms with Gasteiger partial charge in [0.15, 0.2) is 0 Å². The first-order valence-electron chi connectivity index (χ1n) is 9.65. The van der Waals surface area contributed by atoms with Crippen LogP contribution in [-0.2, 0) is 14.8 Å². The summed E-state index contributed by atoms with van der Waals surface area (Å²) in [7, 11) is -3.70. The summed E-state index contributed by atoms with van der Waals surface area (Å²) in [6.07, 6.45) is 2.72. The van der Waals surface area contributed by atoms with Crippen LogP contribution in [0.3, 0.4) is 0 Å². The molecule has 1 aliphatic rings. The van der Waals surface area contributed by atoms with Crippen molar-refractivity contribution < 1.29 is 13.2 Å². The van der Waals surface area contributed by atoms with Gasteiger partial charge >= 0.3 is 0 Å². The number of piperidine rings is 1. The quantitative estimate of drug-likeness (QED) is 0.668. The Morgan fingerprint density at radius 3 is 2.60 bits per heavy atom. The number of nitrogens with zero attached hydrogens (tertiary/aromatic N) is 5. The summed E-state index contributed by atoms with van der Waals surface area (Å²) in [6.45, 7) is 2.48. The molecule has 156 valence electrons. The second-order valence-electron chi connectivity index (χ2n) is 7.25. The van der Waals surface area contributed by atoms with Crippen molar-refractivity contribution in [2.24, 2.45) is 5.92 Å². The predicted octanol–water partition coefficient (Wildman–Crippen LogP) is 2.01. The average molecular weight is 427 g/mol. The number of anilines is 1. The highest BCUT2D eigenvalue weighted by Gasteiger charge is 2.33. The van der Waals surface area contributed by atoms with Crippen molar-refractivity contribution in [1.29, 1.82) is 0 Å². The maximum absolute atomic E-state index is 13.1. The van der Waals surface area contributed by atoms with Crippen molar-refractivity contribution in [2.75, 3.05) is 18.4 Å². The maximum atomic E-state index is 13.1. The second-order valence-corrected chi connectivity index (χ2v) is 9.19. The molecule has 2 aromatic carbocycles. The van der Waals surface area contributed by atoms with Gasteiger partial charge in [-0.15, -0.1) is 5.10 Å². The van der Waals surface area contributed by atoms with E-state index >= 15 is 0 Å². The molecule has 1 N–H and O–H groups in total. The van der Waals surface area contributed by atoms with E-state index in [1.807, 2.05) is 31.2 Å². The minimum atomic E-state index is -3.70. The van der Waals surface area contributed by atoms with E-state index in [9.17, 15) is 13.2 Å². The number of sulfonamides is 1. The van der Waals surface area contributed by atoms with Crippen LogP contribution in [0.2, 0.25) is 0 Å². The van der Waals surface area contributed by atoms with Crippen LogP contribution in [0, 0.1) is 12.8 Å². The van der Waals surface area contributed by atoms with Crippen LogP contribution in [0.25, 0.3) is 5.69 Å². The second kappa shape index (κ2) is 8.33. The zero-order chi connectivity index (χ0) is 21.1. The van der Waals surface area contributed by atoms with E-state index < -0.39 is 15.9 Å². The molecule has 3 aromatic rings. The van der Waals surface area contributed by atoms with Gasteiger partial charge in [-0.2, -0.15) is 4.31 Å². The van der Waals surface area contributed by atoms with Gasteiger partial charge in [-0.3, -0.25) is 4.79 Å². The van der Waals surface area contributed by atoms with Gasteiger partial charge in [0.25, 0.3) is 0 Å². The van der Waals surface area contributed by atoms with Crippen LogP contribution in [0.1, 0.15) is 18.4 Å². The molecule has 1 amide bonds. The summed E-state index contributed by atoms with van der Waals surface area (Å²) < 4.78 is 29.1. The molecule has 0 spiro atoms. The molecule has 0 bridgehead atoms. The van der Waals surface area contributed by atoms with Gasteiger partial charge in [0.2, 0.25) is 15.9 Å². The summed E-state index contributed by atoms with van der Waals surface area (Å²) in [6, 6.07) is 13.9. The summed E-state index contributed by atoms with van der Waals surface area (Å²) in [5.74, 6) is -0.549. The third-order valence-corrected chi connectivity index (χ3v) is 7.13. The molecule has 1 fully saturated rings. The zero-order valence-corrected chi connectivity index (χ0v) is 17.3. The fourth-order valence-electron chi connectivity index (χ4n) is 3.52. The zero-order valence-electron chi connectivity index (χ0n) is 16.5. The molecule has 2 heterocycles. The standard InChI is InChI=1S/C20H22N6O3S/c1-15-5-2-3-7-19(15)22-20(27)16-6-4-12-25(13-16)30(28,29)18-10-8-17(9-11-18)26-14-21-23-24-26/h2-3,5,7-11,14,16H,4,6,12-13H2,1H3,(H,22,27)/t16-/m1/s1. The third-order valence-electron chi connectivity index (χ3n) is 5.25. The van der Waals surface area contributed by atoms with E-state index in [1.165, 1.54) is 27.4 Å². The Bertz CT molecular complexity index is 1130. The Labute approximate surface area is 174 Å². The SMILES string of the molecule is Cc1ccccc1NC(=O)[C@@H]1CCCN(S(=O)(=O)c2ccc(-n3cnnn3)cc2)C1. The molecule has 0 aliphatic carbocycles. The van der Waals surface area contributed by atoms with E-state index in [2.05, 4.69) is 20.8 Å². The number of amides is 1. The van der Waals surface area contributed by atoms with Gasteiger partial charge in [0, 0.05) is 18.8 Å². The molecular formula is C20H22N6O3S. The first-order chi connectivity index (χ1) is 14.4. The number of para-hydroxylation sites is 1. The number of tetrazole rings is 1. The number of carbonyl (C=O) groups excluding carboxylic acids is 1. The Morgan fingerprint density at radius 2 is 1.90 bits per heavy atom. The molecule has 10 heteroatoms. The molecule has 1 saturated heterocycles. The molecule has 1 aliphatic heterocycles. The largest absolute Gasteiger partial charge is 0.326 e. The number of carbonyl (C=O) groups is 1. The van der Waals surface area contributed by atoms with Gasteiger partial charge in [0.1, 0.15) is 6.33 Å². The molecular weight excluding hydrogens is 404 g/mol. The molecule has 0 radical (unpaired) electrons. The minimum Gasteiger partial charge on any atom is -0.326 e. The molecule has 30 heavy (non-hydrogen) atoms. The molecule has 1 aromatic heterocycles. The van der Waals surface area contributed by atoms with Crippen molar-refractivity contribution in [1.82, 2.24) is 24.5 Å². The van der Waals surface area contributed by atoms with Crippen LogP contribution < -0.4 is 5.32 Å². The maximum Gasteiger partial charge on any atom is 0.243 e. The Morgan fingerprint density at radius 1 is 1.13 bits per heavy atom. The first kappa shape index (κ1) is 20.2. The lowest BCUT2D eigenvalue weighted by molar-refractivity contribution is -0.120. The van der Waals surface area contributed by atoms with Gasteiger partial charge in [-0.05, 0) is 66.1 Å². The van der Waals surface area contributed by atoms with Crippen molar-refractivity contribution in [2.45, 2.75) is 24.7 Å². The Kier molecular flexibility index (Phi) is 5.60. The van der Waals surface area contributed by atoms with Gasteiger partial charge in [-0.25, -0.2) is 13.1 Å². The van der Waals surface area contributed by atoms with E-state index in [-0.39, 0.29) is 17.3 Å². The average Bonchev–Trinajstić information content (AvgIpc) is 3.30. The highest BCUT2D eigenvalue weighted by molar-refractivity contribution is 7.89. The van der Waals surface area contributed by atoms with Crippen LogP contribution in [0.15, 0.2) is 59.8 Å². The van der Waals surface area contributed by atoms with E-state index in [0.717, 1.165) is 11.3 Å². The number of nitrogens with one attached hydrogen (secondary N) is 1. The fourth-order valence-corrected chi connectivity index (χ4v) is 5.05. The highest BCUT2D eigenvalue weighted by Crippen LogP contribution is 2.26. The lowest BCUT2D eigenvalue weighted by atomic mass is 9.98. The Balaban J connectivity index is 1.48. The van der Waals surface area contributed by atoms with Crippen LogP contribution in [0.4, 0.5) is 5.69 Å². The number of aromatic nitrogens is 4. The summed E-state index contributed by atoms with van der Waals surface area (Å²) in [5.41, 5.74) is 2.38. The number of hydrogen-bond acceptors (Lipinski definition) is 6. The molecule has 0 unspecified atom stereocenters. The summed E-state index contributed by atoms with van der Waals surface area (Å²) in [5, 5.41) is 13.9. The van der Waals surface area contributed by atoms with Crippen LogP contribution in [0.5, 0.6) is 0 Å². The van der Waals surface area contributed by atoms with E-state index in [0.29, 0.717) is 25.1 Å². The number of hydrogen-bond donors (Lipinski definition) is 1. The normalized spacial score (nSPS) is 17.6. The lowest BCUT2D eigenvalue weighted by Crippen LogP contribution is -2.43. The van der Waals surface area contributed by atoms with Gasteiger partial charge in [0.05, 0.1) is 16.5 Å². The van der Waals surface area contributed by atoms with Crippen molar-refractivity contribution in [3.63, 3.8) is 0 Å². The van der Waals surface area contributed by atoms with Crippen LogP contribution in [-0.4, -0.2) is 51.9 Å². The van der Waals surface area contributed by atoms with Gasteiger partial charge in [-0.1, -0.05) is 18.2 Å². The monoisotopic (exact) mass is 426 g/mol. The van der Waals surface area contributed by atoms with E-state index in [1.54, 1.807) is 12.1 Å². The Hall–Kier alpha value is -3.11. The van der Waals surface area contributed by atoms with E-state index in [4.69, 9.17) is 0 Å². The molecule has 4 rings (SSSR count). The molecule has 0 saturated carbocycles. The fraction of sp³-hybridized carbons (Fsp3) is 0.300. The van der Waals surface area contributed by atoms with Gasteiger partial charge < -0.3 is 5.32 Å².